The zero-order valence-corrected chi connectivity index (χ0v) is 15.7. The molecule has 0 saturated heterocycles. The molecule has 1 N–H and O–H groups in total. The summed E-state index contributed by atoms with van der Waals surface area (Å²) < 4.78 is 14.3. The molecule has 0 fully saturated rings. The molecule has 0 saturated carbocycles. The van der Waals surface area contributed by atoms with Crippen LogP contribution in [0.4, 0.5) is 4.39 Å². The van der Waals surface area contributed by atoms with E-state index in [0.717, 1.165) is 31.6 Å². The summed E-state index contributed by atoms with van der Waals surface area (Å²) in [5.74, 6) is 5.50. The minimum Gasteiger partial charge on any atom is -0.396 e. The van der Waals surface area contributed by atoms with Crippen LogP contribution in [0.5, 0.6) is 0 Å². The van der Waals surface area contributed by atoms with Crippen molar-refractivity contribution in [2.45, 2.75) is 46.5 Å². The molecule has 0 spiro atoms. The average Bonchev–Trinajstić information content (AvgIpc) is 2.58. The number of rotatable bonds is 5. The Labute approximate surface area is 151 Å². The molecule has 0 radical (unpaired) electrons. The first-order valence-corrected chi connectivity index (χ1v) is 9.20. The predicted molar refractivity (Wildman–Crippen MR) is 103 cm³/mol. The minimum absolute atomic E-state index is 0.122. The molecule has 0 aliphatic carbocycles. The van der Waals surface area contributed by atoms with Crippen LogP contribution in [0.3, 0.4) is 0 Å². The Hall–Kier alpha value is -1.63. The maximum absolute atomic E-state index is 14.3. The van der Waals surface area contributed by atoms with E-state index in [1.54, 1.807) is 12.1 Å². The zero-order valence-electron chi connectivity index (χ0n) is 15.7. The maximum atomic E-state index is 14.3. The lowest BCUT2D eigenvalue weighted by Gasteiger charge is -2.29. The van der Waals surface area contributed by atoms with Gasteiger partial charge in [-0.1, -0.05) is 44.8 Å². The topological polar surface area (TPSA) is 23.5 Å². The van der Waals surface area contributed by atoms with Crippen LogP contribution in [-0.4, -0.2) is 36.2 Å². The van der Waals surface area contributed by atoms with E-state index >= 15 is 0 Å². The van der Waals surface area contributed by atoms with Crippen molar-refractivity contribution in [2.75, 3.05) is 26.2 Å². The van der Waals surface area contributed by atoms with Crippen LogP contribution < -0.4 is 0 Å². The normalized spacial score (nSPS) is 15.5. The quantitative estimate of drug-likeness (QED) is 0.630. The summed E-state index contributed by atoms with van der Waals surface area (Å²) in [5.41, 5.74) is 2.99. The standard InChI is InChI=1S/C22H30FNO/c1-22(2,3)12-15-24-13-10-18(11-14-24)20-9-8-19(21(23)17-20)7-5-4-6-16-25/h8-10,17,25H,4,6,11-16H2,1-3H3. The predicted octanol–water partition coefficient (Wildman–Crippen LogP) is 4.48. The Bertz CT molecular complexity index is 661. The number of hydrogen-bond donors (Lipinski definition) is 1. The number of benzene rings is 1. The highest BCUT2D eigenvalue weighted by Crippen LogP contribution is 2.25. The molecular weight excluding hydrogens is 313 g/mol. The Morgan fingerprint density at radius 3 is 2.68 bits per heavy atom. The number of aliphatic hydroxyl groups is 1. The summed E-state index contributed by atoms with van der Waals surface area (Å²) in [5, 5.41) is 8.74. The van der Waals surface area contributed by atoms with Crippen molar-refractivity contribution in [3.63, 3.8) is 0 Å². The summed E-state index contributed by atoms with van der Waals surface area (Å²) in [4.78, 5) is 2.46. The van der Waals surface area contributed by atoms with Gasteiger partial charge in [-0.15, -0.1) is 0 Å². The van der Waals surface area contributed by atoms with Gasteiger partial charge in [-0.2, -0.15) is 0 Å². The van der Waals surface area contributed by atoms with Gasteiger partial charge in [0.05, 0.1) is 5.56 Å². The Morgan fingerprint density at radius 2 is 2.08 bits per heavy atom. The van der Waals surface area contributed by atoms with E-state index in [0.29, 0.717) is 23.8 Å². The maximum Gasteiger partial charge on any atom is 0.139 e. The summed E-state index contributed by atoms with van der Waals surface area (Å²) >= 11 is 0. The highest BCUT2D eigenvalue weighted by molar-refractivity contribution is 5.67. The fourth-order valence-corrected chi connectivity index (χ4v) is 2.81. The number of hydrogen-bond acceptors (Lipinski definition) is 2. The molecule has 0 atom stereocenters. The molecule has 1 aromatic rings. The summed E-state index contributed by atoms with van der Waals surface area (Å²) in [6.45, 7) is 10.0. The van der Waals surface area contributed by atoms with E-state index in [4.69, 9.17) is 5.11 Å². The molecule has 2 rings (SSSR count). The summed E-state index contributed by atoms with van der Waals surface area (Å²) in [7, 11) is 0. The Morgan fingerprint density at radius 1 is 1.28 bits per heavy atom. The second kappa shape index (κ2) is 9.17. The molecule has 0 amide bonds. The van der Waals surface area contributed by atoms with Gasteiger partial charge in [-0.05, 0) is 54.5 Å². The van der Waals surface area contributed by atoms with Crippen molar-refractivity contribution in [3.05, 3.63) is 41.2 Å². The summed E-state index contributed by atoms with van der Waals surface area (Å²) in [6.07, 6.45) is 5.60. The highest BCUT2D eigenvalue weighted by Gasteiger charge is 2.17. The van der Waals surface area contributed by atoms with Gasteiger partial charge in [0, 0.05) is 26.1 Å². The number of aliphatic hydroxyl groups excluding tert-OH is 1. The van der Waals surface area contributed by atoms with Crippen LogP contribution in [-0.2, 0) is 0 Å². The molecule has 25 heavy (non-hydrogen) atoms. The molecule has 1 aromatic carbocycles. The first-order valence-electron chi connectivity index (χ1n) is 9.20. The lowest BCUT2D eigenvalue weighted by Crippen LogP contribution is -2.31. The third-order valence-electron chi connectivity index (χ3n) is 4.49. The van der Waals surface area contributed by atoms with Crippen LogP contribution in [0.15, 0.2) is 24.3 Å². The van der Waals surface area contributed by atoms with Gasteiger partial charge < -0.3 is 5.11 Å². The number of nitrogens with zero attached hydrogens (tertiary/aromatic N) is 1. The van der Waals surface area contributed by atoms with Crippen molar-refractivity contribution in [3.8, 4) is 11.8 Å². The average molecular weight is 343 g/mol. The molecule has 0 bridgehead atoms. The number of unbranched alkanes of at least 4 members (excludes halogenated alkanes) is 1. The highest BCUT2D eigenvalue weighted by atomic mass is 19.1. The molecule has 1 aliphatic rings. The van der Waals surface area contributed by atoms with Gasteiger partial charge in [0.1, 0.15) is 5.82 Å². The van der Waals surface area contributed by atoms with E-state index in [1.807, 2.05) is 6.07 Å². The fourth-order valence-electron chi connectivity index (χ4n) is 2.81. The van der Waals surface area contributed by atoms with Gasteiger partial charge in [0.15, 0.2) is 0 Å². The molecule has 136 valence electrons. The zero-order chi connectivity index (χ0) is 18.3. The molecule has 2 nitrogen and oxygen atoms in total. The lowest BCUT2D eigenvalue weighted by molar-refractivity contribution is 0.245. The van der Waals surface area contributed by atoms with Crippen LogP contribution >= 0.6 is 0 Å². The first-order chi connectivity index (χ1) is 11.9. The number of halogens is 1. The van der Waals surface area contributed by atoms with Gasteiger partial charge in [-0.25, -0.2) is 4.39 Å². The van der Waals surface area contributed by atoms with E-state index in [9.17, 15) is 4.39 Å². The van der Waals surface area contributed by atoms with E-state index in [-0.39, 0.29) is 12.4 Å². The van der Waals surface area contributed by atoms with Crippen molar-refractivity contribution >= 4 is 5.57 Å². The smallest absolute Gasteiger partial charge is 0.139 e. The van der Waals surface area contributed by atoms with Crippen molar-refractivity contribution in [1.29, 1.82) is 0 Å². The second-order valence-electron chi connectivity index (χ2n) is 7.91. The molecule has 3 heteroatoms. The summed E-state index contributed by atoms with van der Waals surface area (Å²) in [6, 6.07) is 5.34. The minimum atomic E-state index is -0.259. The van der Waals surface area contributed by atoms with Crippen molar-refractivity contribution in [1.82, 2.24) is 4.90 Å². The largest absolute Gasteiger partial charge is 0.396 e. The van der Waals surface area contributed by atoms with E-state index < -0.39 is 0 Å². The third-order valence-corrected chi connectivity index (χ3v) is 4.49. The van der Waals surface area contributed by atoms with Gasteiger partial charge in [-0.3, -0.25) is 4.90 Å². The Kier molecular flexibility index (Phi) is 7.23. The van der Waals surface area contributed by atoms with E-state index in [2.05, 4.69) is 43.6 Å². The fraction of sp³-hybridized carbons (Fsp3) is 0.545. The molecule has 0 aromatic heterocycles. The van der Waals surface area contributed by atoms with Crippen LogP contribution in [0.25, 0.3) is 5.57 Å². The van der Waals surface area contributed by atoms with Crippen LogP contribution in [0, 0.1) is 23.1 Å². The molecule has 1 aliphatic heterocycles. The van der Waals surface area contributed by atoms with Crippen LogP contribution in [0.2, 0.25) is 0 Å². The van der Waals surface area contributed by atoms with Crippen molar-refractivity contribution < 1.29 is 9.50 Å². The SMILES string of the molecule is CC(C)(C)CCN1CC=C(c2ccc(C#CCCCO)c(F)c2)CC1. The lowest BCUT2D eigenvalue weighted by atomic mass is 9.91. The molecule has 1 heterocycles. The Balaban J connectivity index is 1.97. The molecule has 0 unspecified atom stereocenters. The second-order valence-corrected chi connectivity index (χ2v) is 7.91. The monoisotopic (exact) mass is 343 g/mol. The van der Waals surface area contributed by atoms with Gasteiger partial charge in [0.25, 0.3) is 0 Å². The first kappa shape index (κ1) is 19.7. The van der Waals surface area contributed by atoms with Gasteiger partial charge in [0.2, 0.25) is 0 Å². The van der Waals surface area contributed by atoms with E-state index in [1.165, 1.54) is 12.0 Å². The third kappa shape index (κ3) is 6.65. The van der Waals surface area contributed by atoms with Gasteiger partial charge >= 0.3 is 0 Å². The van der Waals surface area contributed by atoms with Crippen molar-refractivity contribution in [2.24, 2.45) is 5.41 Å². The molecular formula is C22H30FNO. The van der Waals surface area contributed by atoms with Crippen LogP contribution in [0.1, 0.15) is 57.6 Å².